The standard InChI is InChI=1S/C15H31NO2/c1-4-7-14-18-15(17-13-6-3)10-8-9-12-16(15)11-5-2/h4-14H2,1-3H3. The molecular weight excluding hydrogens is 226 g/mol. The molecular formula is C15H31NO2. The highest BCUT2D eigenvalue weighted by Crippen LogP contribution is 2.31. The van der Waals surface area contributed by atoms with E-state index in [4.69, 9.17) is 9.47 Å². The molecule has 0 aromatic carbocycles. The molecule has 0 aliphatic carbocycles. The predicted molar refractivity (Wildman–Crippen MR) is 75.5 cm³/mol. The summed E-state index contributed by atoms with van der Waals surface area (Å²) in [7, 11) is 0. The molecule has 1 aliphatic heterocycles. The van der Waals surface area contributed by atoms with E-state index in [2.05, 4.69) is 25.7 Å². The normalized spacial score (nSPS) is 25.5. The monoisotopic (exact) mass is 257 g/mol. The van der Waals surface area contributed by atoms with Gasteiger partial charge in [-0.15, -0.1) is 0 Å². The minimum atomic E-state index is -0.417. The van der Waals surface area contributed by atoms with Crippen LogP contribution in [0.2, 0.25) is 0 Å². The number of piperidine rings is 1. The molecule has 108 valence electrons. The van der Waals surface area contributed by atoms with Gasteiger partial charge in [-0.05, 0) is 32.1 Å². The Kier molecular flexibility index (Phi) is 7.87. The number of likely N-dealkylation sites (tertiary alicyclic amines) is 1. The third kappa shape index (κ3) is 4.52. The van der Waals surface area contributed by atoms with Crippen LogP contribution in [0.5, 0.6) is 0 Å². The van der Waals surface area contributed by atoms with Crippen molar-refractivity contribution in [3.05, 3.63) is 0 Å². The Labute approximate surface area is 113 Å². The first kappa shape index (κ1) is 15.9. The second-order valence-corrected chi connectivity index (χ2v) is 5.21. The molecule has 3 heteroatoms. The van der Waals surface area contributed by atoms with Crippen molar-refractivity contribution in [2.75, 3.05) is 26.3 Å². The van der Waals surface area contributed by atoms with Gasteiger partial charge in [0.25, 0.3) is 0 Å². The molecule has 1 saturated heterocycles. The summed E-state index contributed by atoms with van der Waals surface area (Å²) in [6.45, 7) is 10.4. The molecule has 0 N–H and O–H groups in total. The average Bonchev–Trinajstić information content (AvgIpc) is 2.39. The molecule has 0 saturated carbocycles. The van der Waals surface area contributed by atoms with E-state index in [1.54, 1.807) is 0 Å². The summed E-state index contributed by atoms with van der Waals surface area (Å²) < 4.78 is 12.3. The van der Waals surface area contributed by atoms with Crippen LogP contribution in [0.4, 0.5) is 0 Å². The molecule has 1 rings (SSSR count). The molecule has 3 nitrogen and oxygen atoms in total. The van der Waals surface area contributed by atoms with Crippen molar-refractivity contribution in [3.8, 4) is 0 Å². The van der Waals surface area contributed by atoms with Gasteiger partial charge in [0.05, 0.1) is 13.2 Å². The van der Waals surface area contributed by atoms with Gasteiger partial charge in [0.1, 0.15) is 0 Å². The molecule has 0 spiro atoms. The molecule has 0 aromatic rings. The summed E-state index contributed by atoms with van der Waals surface area (Å²) in [4.78, 5) is 2.42. The van der Waals surface area contributed by atoms with E-state index in [1.165, 1.54) is 19.3 Å². The Morgan fingerprint density at radius 1 is 0.944 bits per heavy atom. The average molecular weight is 257 g/mol. The lowest BCUT2D eigenvalue weighted by atomic mass is 10.1. The molecule has 1 atom stereocenters. The lowest BCUT2D eigenvalue weighted by molar-refractivity contribution is -0.330. The van der Waals surface area contributed by atoms with Crippen LogP contribution in [0.3, 0.4) is 0 Å². The van der Waals surface area contributed by atoms with Gasteiger partial charge in [0.15, 0.2) is 0 Å². The first-order valence-electron chi connectivity index (χ1n) is 7.82. The van der Waals surface area contributed by atoms with Crippen molar-refractivity contribution in [1.29, 1.82) is 0 Å². The molecule has 18 heavy (non-hydrogen) atoms. The molecule has 0 amide bonds. The SMILES string of the molecule is CCCCOC1(OCCC)CCCCN1CCC. The van der Waals surface area contributed by atoms with Gasteiger partial charge in [-0.2, -0.15) is 0 Å². The van der Waals surface area contributed by atoms with E-state index in [9.17, 15) is 0 Å². The lowest BCUT2D eigenvalue weighted by Gasteiger charge is -2.46. The smallest absolute Gasteiger partial charge is 0.229 e. The zero-order valence-corrected chi connectivity index (χ0v) is 12.5. The number of nitrogens with zero attached hydrogens (tertiary/aromatic N) is 1. The zero-order valence-electron chi connectivity index (χ0n) is 12.5. The van der Waals surface area contributed by atoms with Gasteiger partial charge in [0, 0.05) is 19.5 Å². The highest BCUT2D eigenvalue weighted by Gasteiger charge is 2.40. The highest BCUT2D eigenvalue weighted by atomic mass is 16.7. The van der Waals surface area contributed by atoms with E-state index >= 15 is 0 Å². The van der Waals surface area contributed by atoms with Crippen LogP contribution in [0, 0.1) is 0 Å². The third-order valence-electron chi connectivity index (χ3n) is 3.50. The Morgan fingerprint density at radius 2 is 1.72 bits per heavy atom. The fourth-order valence-corrected chi connectivity index (χ4v) is 2.54. The van der Waals surface area contributed by atoms with Crippen molar-refractivity contribution in [2.45, 2.75) is 71.6 Å². The first-order valence-corrected chi connectivity index (χ1v) is 7.82. The zero-order chi connectivity index (χ0) is 13.3. The van der Waals surface area contributed by atoms with E-state index in [-0.39, 0.29) is 0 Å². The Hall–Kier alpha value is -0.120. The van der Waals surface area contributed by atoms with Crippen molar-refractivity contribution in [3.63, 3.8) is 0 Å². The van der Waals surface area contributed by atoms with Gasteiger partial charge in [-0.25, -0.2) is 0 Å². The van der Waals surface area contributed by atoms with E-state index < -0.39 is 5.91 Å². The number of hydrogen-bond acceptors (Lipinski definition) is 3. The second kappa shape index (κ2) is 8.89. The maximum atomic E-state index is 6.18. The van der Waals surface area contributed by atoms with E-state index in [1.807, 2.05) is 0 Å². The Morgan fingerprint density at radius 3 is 2.39 bits per heavy atom. The minimum Gasteiger partial charge on any atom is -0.337 e. The Bertz CT molecular complexity index is 209. The van der Waals surface area contributed by atoms with Crippen LogP contribution in [0.25, 0.3) is 0 Å². The fraction of sp³-hybridized carbons (Fsp3) is 1.00. The molecule has 1 aliphatic rings. The molecule has 1 unspecified atom stereocenters. The van der Waals surface area contributed by atoms with Crippen molar-refractivity contribution >= 4 is 0 Å². The topological polar surface area (TPSA) is 21.7 Å². The summed E-state index contributed by atoms with van der Waals surface area (Å²) in [5.74, 6) is -0.417. The Balaban J connectivity index is 2.63. The first-order chi connectivity index (χ1) is 8.79. The predicted octanol–water partition coefficient (Wildman–Crippen LogP) is 3.78. The second-order valence-electron chi connectivity index (χ2n) is 5.21. The molecule has 1 heterocycles. The summed E-state index contributed by atoms with van der Waals surface area (Å²) in [6.07, 6.45) is 8.03. The van der Waals surface area contributed by atoms with E-state index in [0.717, 1.165) is 52.0 Å². The van der Waals surface area contributed by atoms with Crippen LogP contribution in [-0.4, -0.2) is 37.1 Å². The van der Waals surface area contributed by atoms with Crippen molar-refractivity contribution in [1.82, 2.24) is 4.90 Å². The number of unbranched alkanes of at least 4 members (excludes halogenated alkanes) is 1. The van der Waals surface area contributed by atoms with Crippen LogP contribution >= 0.6 is 0 Å². The quantitative estimate of drug-likeness (QED) is 0.463. The summed E-state index contributed by atoms with van der Waals surface area (Å²) in [5.41, 5.74) is 0. The van der Waals surface area contributed by atoms with Gasteiger partial charge in [0.2, 0.25) is 5.91 Å². The van der Waals surface area contributed by atoms with Crippen molar-refractivity contribution in [2.24, 2.45) is 0 Å². The summed E-state index contributed by atoms with van der Waals surface area (Å²) in [6, 6.07) is 0. The largest absolute Gasteiger partial charge is 0.337 e. The van der Waals surface area contributed by atoms with Gasteiger partial charge < -0.3 is 9.47 Å². The maximum Gasteiger partial charge on any atom is 0.229 e. The number of ether oxygens (including phenoxy) is 2. The van der Waals surface area contributed by atoms with Crippen LogP contribution in [0.1, 0.15) is 65.7 Å². The third-order valence-corrected chi connectivity index (χ3v) is 3.50. The fourth-order valence-electron chi connectivity index (χ4n) is 2.54. The summed E-state index contributed by atoms with van der Waals surface area (Å²) >= 11 is 0. The number of hydrogen-bond donors (Lipinski definition) is 0. The molecule has 0 bridgehead atoms. The summed E-state index contributed by atoms with van der Waals surface area (Å²) in [5, 5.41) is 0. The van der Waals surface area contributed by atoms with E-state index in [0.29, 0.717) is 0 Å². The highest BCUT2D eigenvalue weighted by molar-refractivity contribution is 4.78. The van der Waals surface area contributed by atoms with Crippen LogP contribution in [0.15, 0.2) is 0 Å². The minimum absolute atomic E-state index is 0.417. The number of rotatable bonds is 9. The van der Waals surface area contributed by atoms with Crippen molar-refractivity contribution < 1.29 is 9.47 Å². The van der Waals surface area contributed by atoms with Gasteiger partial charge in [-0.1, -0.05) is 27.2 Å². The molecule has 0 aromatic heterocycles. The van der Waals surface area contributed by atoms with Gasteiger partial charge >= 0.3 is 0 Å². The molecule has 0 radical (unpaired) electrons. The van der Waals surface area contributed by atoms with Crippen LogP contribution < -0.4 is 0 Å². The maximum absolute atomic E-state index is 6.18. The lowest BCUT2D eigenvalue weighted by Crippen LogP contribution is -2.56. The van der Waals surface area contributed by atoms with Crippen LogP contribution in [-0.2, 0) is 9.47 Å². The molecule has 1 fully saturated rings. The van der Waals surface area contributed by atoms with Gasteiger partial charge in [-0.3, -0.25) is 4.90 Å².